The van der Waals surface area contributed by atoms with E-state index in [1.54, 1.807) is 7.11 Å². The maximum atomic E-state index is 5.98. The van der Waals surface area contributed by atoms with E-state index in [4.69, 9.17) is 16.3 Å². The van der Waals surface area contributed by atoms with Crippen molar-refractivity contribution in [2.75, 3.05) is 7.11 Å². The van der Waals surface area contributed by atoms with Crippen molar-refractivity contribution in [2.24, 2.45) is 0 Å². The maximum Gasteiger partial charge on any atom is 0.140 e. The van der Waals surface area contributed by atoms with E-state index in [-0.39, 0.29) is 0 Å². The van der Waals surface area contributed by atoms with E-state index in [1.165, 1.54) is 0 Å². The minimum absolute atomic E-state index is 0.464. The number of ether oxygens (including phenoxy) is 1. The molecule has 2 aromatic rings. The fraction of sp³-hybridized carbons (Fsp3) is 0.200. The summed E-state index contributed by atoms with van der Waals surface area (Å²) in [4.78, 5) is 8.34. The summed E-state index contributed by atoms with van der Waals surface area (Å²) < 4.78 is 5.09. The zero-order chi connectivity index (χ0) is 10.1. The van der Waals surface area contributed by atoms with Gasteiger partial charge in [-0.05, 0) is 25.1 Å². The normalized spacial score (nSPS) is 10.5. The molecule has 3 nitrogen and oxygen atoms in total. The van der Waals surface area contributed by atoms with Gasteiger partial charge in [-0.15, -0.1) is 0 Å². The molecule has 0 N–H and O–H groups in total. The van der Waals surface area contributed by atoms with Crippen molar-refractivity contribution in [1.82, 2.24) is 9.97 Å². The van der Waals surface area contributed by atoms with Crippen molar-refractivity contribution >= 4 is 22.5 Å². The standard InChI is InChI=1S/C10H9ClN2O/c1-6-12-9-4-3-7(14-2)5-8(9)10(11)13-6/h3-5H,1-2H3. The number of rotatable bonds is 1. The highest BCUT2D eigenvalue weighted by atomic mass is 35.5. The Morgan fingerprint density at radius 3 is 2.79 bits per heavy atom. The van der Waals surface area contributed by atoms with Crippen molar-refractivity contribution < 1.29 is 4.74 Å². The van der Waals surface area contributed by atoms with Gasteiger partial charge in [0.25, 0.3) is 0 Å². The smallest absolute Gasteiger partial charge is 0.140 e. The second-order valence-electron chi connectivity index (χ2n) is 2.94. The second-order valence-corrected chi connectivity index (χ2v) is 3.30. The second kappa shape index (κ2) is 3.42. The van der Waals surface area contributed by atoms with Gasteiger partial charge in [-0.2, -0.15) is 0 Å². The van der Waals surface area contributed by atoms with Crippen molar-refractivity contribution in [3.05, 3.63) is 29.2 Å². The summed E-state index contributed by atoms with van der Waals surface area (Å²) >= 11 is 5.98. The summed E-state index contributed by atoms with van der Waals surface area (Å²) in [5.41, 5.74) is 0.836. The van der Waals surface area contributed by atoms with Crippen LogP contribution in [-0.2, 0) is 0 Å². The summed E-state index contributed by atoms with van der Waals surface area (Å²) in [6, 6.07) is 5.55. The molecule has 72 valence electrons. The summed E-state index contributed by atoms with van der Waals surface area (Å²) in [6.45, 7) is 1.82. The Bertz CT molecular complexity index is 485. The predicted molar refractivity (Wildman–Crippen MR) is 55.8 cm³/mol. The van der Waals surface area contributed by atoms with E-state index in [0.717, 1.165) is 16.7 Å². The SMILES string of the molecule is COc1ccc2nc(C)nc(Cl)c2c1. The van der Waals surface area contributed by atoms with E-state index in [9.17, 15) is 0 Å². The number of methoxy groups -OCH3 is 1. The van der Waals surface area contributed by atoms with E-state index >= 15 is 0 Å². The molecule has 0 fully saturated rings. The van der Waals surface area contributed by atoms with Crippen LogP contribution in [0.4, 0.5) is 0 Å². The van der Waals surface area contributed by atoms with Crippen LogP contribution in [0.15, 0.2) is 18.2 Å². The molecule has 1 heterocycles. The first-order valence-corrected chi connectivity index (χ1v) is 4.56. The Kier molecular flexibility index (Phi) is 2.25. The van der Waals surface area contributed by atoms with Gasteiger partial charge in [0.2, 0.25) is 0 Å². The molecule has 0 amide bonds. The first-order chi connectivity index (χ1) is 6.70. The van der Waals surface area contributed by atoms with Gasteiger partial charge in [-0.25, -0.2) is 9.97 Å². The lowest BCUT2D eigenvalue weighted by Crippen LogP contribution is -1.91. The van der Waals surface area contributed by atoms with Crippen LogP contribution in [0, 0.1) is 6.92 Å². The molecule has 0 bridgehead atoms. The summed E-state index contributed by atoms with van der Waals surface area (Å²) in [5, 5.41) is 1.28. The highest BCUT2D eigenvalue weighted by molar-refractivity contribution is 6.34. The molecule has 1 aromatic heterocycles. The number of hydrogen-bond donors (Lipinski definition) is 0. The van der Waals surface area contributed by atoms with Crippen LogP contribution in [0.5, 0.6) is 5.75 Å². The third kappa shape index (κ3) is 1.51. The fourth-order valence-electron chi connectivity index (χ4n) is 1.31. The summed E-state index contributed by atoms with van der Waals surface area (Å²) in [5.74, 6) is 1.43. The third-order valence-electron chi connectivity index (χ3n) is 1.97. The van der Waals surface area contributed by atoms with E-state index in [0.29, 0.717) is 11.0 Å². The maximum absolute atomic E-state index is 5.98. The molecule has 0 unspecified atom stereocenters. The van der Waals surface area contributed by atoms with Crippen molar-refractivity contribution in [2.45, 2.75) is 6.92 Å². The van der Waals surface area contributed by atoms with Crippen LogP contribution in [0.2, 0.25) is 5.15 Å². The molecule has 14 heavy (non-hydrogen) atoms. The molecule has 4 heteroatoms. The zero-order valence-electron chi connectivity index (χ0n) is 7.91. The van der Waals surface area contributed by atoms with Crippen LogP contribution in [0.25, 0.3) is 10.9 Å². The van der Waals surface area contributed by atoms with Gasteiger partial charge in [0.15, 0.2) is 0 Å². The summed E-state index contributed by atoms with van der Waals surface area (Å²) in [7, 11) is 1.62. The molecule has 0 aliphatic carbocycles. The molecule has 0 saturated carbocycles. The highest BCUT2D eigenvalue weighted by Gasteiger charge is 2.04. The zero-order valence-corrected chi connectivity index (χ0v) is 8.67. The highest BCUT2D eigenvalue weighted by Crippen LogP contribution is 2.24. The van der Waals surface area contributed by atoms with Gasteiger partial charge in [-0.3, -0.25) is 0 Å². The largest absolute Gasteiger partial charge is 0.497 e. The molecule has 0 saturated heterocycles. The predicted octanol–water partition coefficient (Wildman–Crippen LogP) is 2.60. The van der Waals surface area contributed by atoms with E-state index < -0.39 is 0 Å². The Morgan fingerprint density at radius 2 is 2.07 bits per heavy atom. The van der Waals surface area contributed by atoms with Gasteiger partial charge in [0, 0.05) is 5.39 Å². The van der Waals surface area contributed by atoms with Crippen molar-refractivity contribution in [3.8, 4) is 5.75 Å². The lowest BCUT2D eigenvalue weighted by molar-refractivity contribution is 0.415. The summed E-state index contributed by atoms with van der Waals surface area (Å²) in [6.07, 6.45) is 0. The minimum atomic E-state index is 0.464. The average Bonchev–Trinajstić information content (AvgIpc) is 2.17. The lowest BCUT2D eigenvalue weighted by atomic mass is 10.2. The van der Waals surface area contributed by atoms with Crippen molar-refractivity contribution in [3.63, 3.8) is 0 Å². The molecule has 2 rings (SSSR count). The molecular formula is C10H9ClN2O. The monoisotopic (exact) mass is 208 g/mol. The number of fused-ring (bicyclic) bond motifs is 1. The van der Waals surface area contributed by atoms with Crippen LogP contribution in [0.3, 0.4) is 0 Å². The van der Waals surface area contributed by atoms with E-state index in [1.807, 2.05) is 25.1 Å². The fourth-order valence-corrected chi connectivity index (χ4v) is 1.58. The van der Waals surface area contributed by atoms with Gasteiger partial charge in [-0.1, -0.05) is 11.6 Å². The van der Waals surface area contributed by atoms with Gasteiger partial charge in [0.05, 0.1) is 12.6 Å². The Morgan fingerprint density at radius 1 is 1.29 bits per heavy atom. The van der Waals surface area contributed by atoms with Crippen LogP contribution in [-0.4, -0.2) is 17.1 Å². The quantitative estimate of drug-likeness (QED) is 0.676. The molecule has 0 atom stereocenters. The Labute approximate surface area is 86.7 Å². The first-order valence-electron chi connectivity index (χ1n) is 4.18. The molecule has 0 spiro atoms. The number of nitrogens with zero attached hydrogens (tertiary/aromatic N) is 2. The number of aromatic nitrogens is 2. The first kappa shape index (κ1) is 9.21. The molecule has 0 aliphatic heterocycles. The van der Waals surface area contributed by atoms with Gasteiger partial charge >= 0.3 is 0 Å². The number of halogens is 1. The minimum Gasteiger partial charge on any atom is -0.497 e. The number of benzene rings is 1. The molecule has 0 radical (unpaired) electrons. The van der Waals surface area contributed by atoms with Crippen LogP contribution >= 0.6 is 11.6 Å². The number of aryl methyl sites for hydroxylation is 1. The Hall–Kier alpha value is -1.35. The lowest BCUT2D eigenvalue weighted by Gasteiger charge is -2.03. The van der Waals surface area contributed by atoms with E-state index in [2.05, 4.69) is 9.97 Å². The molecular weight excluding hydrogens is 200 g/mol. The molecule has 0 aliphatic rings. The Balaban J connectivity index is 2.75. The van der Waals surface area contributed by atoms with Gasteiger partial charge in [0.1, 0.15) is 16.7 Å². The number of hydrogen-bond acceptors (Lipinski definition) is 3. The van der Waals surface area contributed by atoms with Crippen LogP contribution in [0.1, 0.15) is 5.82 Å². The average molecular weight is 209 g/mol. The van der Waals surface area contributed by atoms with Crippen LogP contribution < -0.4 is 4.74 Å². The third-order valence-corrected chi connectivity index (χ3v) is 2.26. The van der Waals surface area contributed by atoms with Gasteiger partial charge < -0.3 is 4.74 Å². The topological polar surface area (TPSA) is 35.0 Å². The van der Waals surface area contributed by atoms with Crippen molar-refractivity contribution in [1.29, 1.82) is 0 Å². The molecule has 1 aromatic carbocycles.